The maximum absolute atomic E-state index is 9.02. The van der Waals surface area contributed by atoms with Crippen LogP contribution in [0.5, 0.6) is 0 Å². The van der Waals surface area contributed by atoms with Gasteiger partial charge in [0.2, 0.25) is 0 Å². The second-order valence-corrected chi connectivity index (χ2v) is 3.63. The quantitative estimate of drug-likeness (QED) is 0.629. The zero-order valence-corrected chi connectivity index (χ0v) is 7.87. The first kappa shape index (κ1) is 9.96. The molecule has 12 heavy (non-hydrogen) atoms. The Bertz CT molecular complexity index is 126. The predicted molar refractivity (Wildman–Crippen MR) is 49.9 cm³/mol. The highest BCUT2D eigenvalue weighted by Gasteiger charge is 2.25. The van der Waals surface area contributed by atoms with Gasteiger partial charge in [0.25, 0.3) is 0 Å². The fourth-order valence-electron chi connectivity index (χ4n) is 1.87. The van der Waals surface area contributed by atoms with Crippen molar-refractivity contribution in [3.63, 3.8) is 0 Å². The van der Waals surface area contributed by atoms with Crippen LogP contribution in [-0.2, 0) is 0 Å². The van der Waals surface area contributed by atoms with Gasteiger partial charge in [-0.1, -0.05) is 13.3 Å². The van der Waals surface area contributed by atoms with Gasteiger partial charge in [-0.3, -0.25) is 4.90 Å². The third-order valence-electron chi connectivity index (χ3n) is 2.89. The number of nitrogens with zero attached hydrogens (tertiary/aromatic N) is 1. The van der Waals surface area contributed by atoms with Crippen LogP contribution in [0.2, 0.25) is 0 Å². The van der Waals surface area contributed by atoms with Crippen molar-refractivity contribution in [2.45, 2.75) is 25.8 Å². The molecule has 0 radical (unpaired) electrons. The second-order valence-electron chi connectivity index (χ2n) is 3.63. The molecular formula is C9H20N2O. The normalized spacial score (nSPS) is 27.8. The highest BCUT2D eigenvalue weighted by atomic mass is 16.3. The Kier molecular flexibility index (Phi) is 3.98. The minimum absolute atomic E-state index is 0.196. The first-order valence-electron chi connectivity index (χ1n) is 4.86. The fourth-order valence-corrected chi connectivity index (χ4v) is 1.87. The number of aliphatic hydroxyl groups excluding tert-OH is 1. The topological polar surface area (TPSA) is 49.5 Å². The Labute approximate surface area is 74.5 Å². The highest BCUT2D eigenvalue weighted by molar-refractivity contribution is 4.80. The Morgan fingerprint density at radius 2 is 2.42 bits per heavy atom. The Morgan fingerprint density at radius 3 is 2.83 bits per heavy atom. The molecule has 0 aromatic heterocycles. The molecule has 1 heterocycles. The third-order valence-corrected chi connectivity index (χ3v) is 2.89. The van der Waals surface area contributed by atoms with Crippen molar-refractivity contribution in [1.29, 1.82) is 0 Å². The van der Waals surface area contributed by atoms with Crippen LogP contribution in [-0.4, -0.2) is 42.3 Å². The van der Waals surface area contributed by atoms with Crippen LogP contribution in [0.3, 0.4) is 0 Å². The van der Waals surface area contributed by atoms with Gasteiger partial charge in [0.1, 0.15) is 0 Å². The summed E-state index contributed by atoms with van der Waals surface area (Å²) in [4.78, 5) is 2.31. The lowest BCUT2D eigenvalue weighted by atomic mass is 10.1. The van der Waals surface area contributed by atoms with E-state index >= 15 is 0 Å². The molecule has 1 aliphatic heterocycles. The number of likely N-dealkylation sites (tertiary alicyclic amines) is 1. The fraction of sp³-hybridized carbons (Fsp3) is 1.00. The van der Waals surface area contributed by atoms with Crippen LogP contribution in [0.1, 0.15) is 19.8 Å². The minimum atomic E-state index is 0.196. The first-order valence-corrected chi connectivity index (χ1v) is 4.86. The van der Waals surface area contributed by atoms with Crippen molar-refractivity contribution >= 4 is 0 Å². The largest absolute Gasteiger partial charge is 0.395 e. The molecule has 2 atom stereocenters. The molecule has 1 fully saturated rings. The van der Waals surface area contributed by atoms with Gasteiger partial charge in [-0.25, -0.2) is 0 Å². The molecule has 3 heteroatoms. The van der Waals surface area contributed by atoms with Gasteiger partial charge in [0, 0.05) is 19.1 Å². The van der Waals surface area contributed by atoms with E-state index in [1.165, 1.54) is 12.8 Å². The SMILES string of the molecule is CCC1CCN(C(CN)CO)C1. The van der Waals surface area contributed by atoms with E-state index in [4.69, 9.17) is 10.8 Å². The van der Waals surface area contributed by atoms with Gasteiger partial charge in [-0.05, 0) is 18.9 Å². The molecule has 0 amide bonds. The van der Waals surface area contributed by atoms with Gasteiger partial charge in [-0.15, -0.1) is 0 Å². The lowest BCUT2D eigenvalue weighted by Crippen LogP contribution is -2.41. The molecule has 3 N–H and O–H groups in total. The van der Waals surface area contributed by atoms with Crippen LogP contribution in [0, 0.1) is 5.92 Å². The lowest BCUT2D eigenvalue weighted by molar-refractivity contribution is 0.147. The van der Waals surface area contributed by atoms with Crippen LogP contribution < -0.4 is 5.73 Å². The average Bonchev–Trinajstić information content (AvgIpc) is 2.55. The number of aliphatic hydroxyl groups is 1. The van der Waals surface area contributed by atoms with E-state index in [2.05, 4.69) is 11.8 Å². The van der Waals surface area contributed by atoms with Crippen LogP contribution in [0.15, 0.2) is 0 Å². The van der Waals surface area contributed by atoms with E-state index in [1.807, 2.05) is 0 Å². The molecule has 72 valence electrons. The van der Waals surface area contributed by atoms with Crippen molar-refractivity contribution < 1.29 is 5.11 Å². The molecule has 0 bridgehead atoms. The summed E-state index contributed by atoms with van der Waals surface area (Å²) < 4.78 is 0. The molecule has 0 saturated carbocycles. The molecule has 0 aromatic carbocycles. The average molecular weight is 172 g/mol. The van der Waals surface area contributed by atoms with E-state index in [9.17, 15) is 0 Å². The summed E-state index contributed by atoms with van der Waals surface area (Å²) >= 11 is 0. The van der Waals surface area contributed by atoms with Crippen molar-refractivity contribution in [2.24, 2.45) is 11.7 Å². The summed E-state index contributed by atoms with van der Waals surface area (Å²) in [5.41, 5.74) is 5.55. The first-order chi connectivity index (χ1) is 5.81. The van der Waals surface area contributed by atoms with E-state index in [-0.39, 0.29) is 12.6 Å². The summed E-state index contributed by atoms with van der Waals surface area (Å²) in [6, 6.07) is 0.196. The predicted octanol–water partition coefficient (Wildman–Crippen LogP) is 0.0379. The molecular weight excluding hydrogens is 152 g/mol. The zero-order valence-electron chi connectivity index (χ0n) is 7.87. The Morgan fingerprint density at radius 1 is 1.67 bits per heavy atom. The molecule has 1 aliphatic rings. The van der Waals surface area contributed by atoms with Gasteiger partial charge in [0.05, 0.1) is 6.61 Å². The smallest absolute Gasteiger partial charge is 0.0599 e. The van der Waals surface area contributed by atoms with Gasteiger partial charge in [0.15, 0.2) is 0 Å². The molecule has 3 nitrogen and oxygen atoms in total. The number of hydrogen-bond donors (Lipinski definition) is 2. The van der Waals surface area contributed by atoms with Crippen LogP contribution >= 0.6 is 0 Å². The standard InChI is InChI=1S/C9H20N2O/c1-2-8-3-4-11(6-8)9(5-10)7-12/h8-9,12H,2-7,10H2,1H3. The maximum atomic E-state index is 9.02. The maximum Gasteiger partial charge on any atom is 0.0599 e. The summed E-state index contributed by atoms with van der Waals surface area (Å²) in [5, 5.41) is 9.02. The lowest BCUT2D eigenvalue weighted by Gasteiger charge is -2.24. The molecule has 0 aliphatic carbocycles. The molecule has 1 saturated heterocycles. The van der Waals surface area contributed by atoms with Crippen molar-refractivity contribution in [1.82, 2.24) is 4.90 Å². The number of hydrogen-bond acceptors (Lipinski definition) is 3. The van der Waals surface area contributed by atoms with E-state index in [1.54, 1.807) is 0 Å². The van der Waals surface area contributed by atoms with E-state index in [0.717, 1.165) is 19.0 Å². The van der Waals surface area contributed by atoms with Crippen LogP contribution in [0.4, 0.5) is 0 Å². The Balaban J connectivity index is 2.34. The van der Waals surface area contributed by atoms with Gasteiger partial charge >= 0.3 is 0 Å². The number of nitrogens with two attached hydrogens (primary N) is 1. The van der Waals surface area contributed by atoms with Crippen molar-refractivity contribution in [3.05, 3.63) is 0 Å². The highest BCUT2D eigenvalue weighted by Crippen LogP contribution is 2.20. The minimum Gasteiger partial charge on any atom is -0.395 e. The molecule has 0 aromatic rings. The second kappa shape index (κ2) is 4.80. The third kappa shape index (κ3) is 2.19. The van der Waals surface area contributed by atoms with Gasteiger partial charge in [-0.2, -0.15) is 0 Å². The number of rotatable bonds is 4. The molecule has 1 rings (SSSR count). The van der Waals surface area contributed by atoms with Crippen LogP contribution in [0.25, 0.3) is 0 Å². The molecule has 2 unspecified atom stereocenters. The Hall–Kier alpha value is -0.120. The summed E-state index contributed by atoms with van der Waals surface area (Å²) in [6.07, 6.45) is 2.52. The summed E-state index contributed by atoms with van der Waals surface area (Å²) in [7, 11) is 0. The summed E-state index contributed by atoms with van der Waals surface area (Å²) in [6.45, 7) is 5.24. The summed E-state index contributed by atoms with van der Waals surface area (Å²) in [5.74, 6) is 0.825. The van der Waals surface area contributed by atoms with E-state index < -0.39 is 0 Å². The zero-order chi connectivity index (χ0) is 8.97. The van der Waals surface area contributed by atoms with E-state index in [0.29, 0.717) is 6.54 Å². The van der Waals surface area contributed by atoms with Crippen molar-refractivity contribution in [2.75, 3.05) is 26.2 Å². The van der Waals surface area contributed by atoms with Gasteiger partial charge < -0.3 is 10.8 Å². The molecule has 0 spiro atoms. The van der Waals surface area contributed by atoms with Crippen molar-refractivity contribution in [3.8, 4) is 0 Å². The monoisotopic (exact) mass is 172 g/mol.